The van der Waals surface area contributed by atoms with Gasteiger partial charge in [0.25, 0.3) is 0 Å². The molecular formula is C18H17FN2O2S2. The van der Waals surface area contributed by atoms with Crippen LogP contribution < -0.4 is 4.72 Å². The Morgan fingerprint density at radius 2 is 1.84 bits per heavy atom. The van der Waals surface area contributed by atoms with Gasteiger partial charge >= 0.3 is 0 Å². The highest BCUT2D eigenvalue weighted by atomic mass is 32.2. The Labute approximate surface area is 150 Å². The highest BCUT2D eigenvalue weighted by molar-refractivity contribution is 7.89. The summed E-state index contributed by atoms with van der Waals surface area (Å²) >= 11 is 1.35. The summed E-state index contributed by atoms with van der Waals surface area (Å²) in [5, 5.41) is 2.42. The van der Waals surface area contributed by atoms with E-state index in [1.807, 2.05) is 5.38 Å². The van der Waals surface area contributed by atoms with Gasteiger partial charge in [-0.05, 0) is 30.7 Å². The maximum absolute atomic E-state index is 13.8. The second-order valence-corrected chi connectivity index (χ2v) is 8.13. The smallest absolute Gasteiger partial charge is 0.240 e. The van der Waals surface area contributed by atoms with Gasteiger partial charge in [0.05, 0.1) is 10.6 Å². The van der Waals surface area contributed by atoms with Gasteiger partial charge in [-0.1, -0.05) is 30.3 Å². The molecule has 0 saturated heterocycles. The molecule has 0 saturated carbocycles. The van der Waals surface area contributed by atoms with E-state index in [1.54, 1.807) is 49.4 Å². The van der Waals surface area contributed by atoms with E-state index < -0.39 is 10.0 Å². The van der Waals surface area contributed by atoms with E-state index in [4.69, 9.17) is 0 Å². The van der Waals surface area contributed by atoms with Crippen LogP contribution in [0.25, 0.3) is 10.6 Å². The zero-order valence-electron chi connectivity index (χ0n) is 13.6. The molecule has 0 unspecified atom stereocenters. The maximum Gasteiger partial charge on any atom is 0.240 e. The molecule has 4 nitrogen and oxygen atoms in total. The molecule has 3 aromatic rings. The van der Waals surface area contributed by atoms with E-state index in [2.05, 4.69) is 9.71 Å². The van der Waals surface area contributed by atoms with Crippen molar-refractivity contribution in [3.05, 3.63) is 71.0 Å². The van der Waals surface area contributed by atoms with Gasteiger partial charge in [0.1, 0.15) is 10.8 Å². The Bertz CT molecular complexity index is 984. The Kier molecular flexibility index (Phi) is 5.27. The highest BCUT2D eigenvalue weighted by Gasteiger charge is 2.16. The van der Waals surface area contributed by atoms with Crippen LogP contribution in [0.1, 0.15) is 11.3 Å². The van der Waals surface area contributed by atoms with E-state index in [9.17, 15) is 12.8 Å². The summed E-state index contributed by atoms with van der Waals surface area (Å²) in [6.07, 6.45) is 0.441. The second kappa shape index (κ2) is 7.43. The molecule has 2 aromatic carbocycles. The van der Waals surface area contributed by atoms with E-state index in [0.29, 0.717) is 22.6 Å². The average molecular weight is 376 g/mol. The SMILES string of the molecule is Cc1ccccc1S(=O)(=O)NCCc1csc(-c2ccccc2F)n1. The van der Waals surface area contributed by atoms with Gasteiger partial charge in [-0.15, -0.1) is 11.3 Å². The van der Waals surface area contributed by atoms with Crippen molar-refractivity contribution in [2.45, 2.75) is 18.2 Å². The summed E-state index contributed by atoms with van der Waals surface area (Å²) in [7, 11) is -3.55. The predicted molar refractivity (Wildman–Crippen MR) is 97.6 cm³/mol. The summed E-state index contributed by atoms with van der Waals surface area (Å²) < 4.78 is 41.1. The molecule has 1 heterocycles. The summed E-state index contributed by atoms with van der Waals surface area (Å²) in [5.74, 6) is -0.316. The fourth-order valence-electron chi connectivity index (χ4n) is 2.43. The largest absolute Gasteiger partial charge is 0.241 e. The lowest BCUT2D eigenvalue weighted by atomic mass is 10.2. The lowest BCUT2D eigenvalue weighted by Gasteiger charge is -2.08. The number of sulfonamides is 1. The number of aromatic nitrogens is 1. The fourth-order valence-corrected chi connectivity index (χ4v) is 4.59. The minimum atomic E-state index is -3.55. The van der Waals surface area contributed by atoms with Crippen molar-refractivity contribution in [1.82, 2.24) is 9.71 Å². The van der Waals surface area contributed by atoms with Crippen molar-refractivity contribution in [2.24, 2.45) is 0 Å². The van der Waals surface area contributed by atoms with E-state index in [1.165, 1.54) is 17.4 Å². The topological polar surface area (TPSA) is 59.1 Å². The minimum Gasteiger partial charge on any atom is -0.241 e. The van der Waals surface area contributed by atoms with Crippen LogP contribution in [0.2, 0.25) is 0 Å². The Morgan fingerprint density at radius 1 is 1.12 bits per heavy atom. The molecule has 7 heteroatoms. The lowest BCUT2D eigenvalue weighted by molar-refractivity contribution is 0.581. The number of aryl methyl sites for hydroxylation is 1. The van der Waals surface area contributed by atoms with Crippen molar-refractivity contribution < 1.29 is 12.8 Å². The van der Waals surface area contributed by atoms with Crippen LogP contribution in [-0.4, -0.2) is 19.9 Å². The lowest BCUT2D eigenvalue weighted by Crippen LogP contribution is -2.26. The minimum absolute atomic E-state index is 0.233. The molecule has 0 aliphatic heterocycles. The molecule has 25 heavy (non-hydrogen) atoms. The first-order chi connectivity index (χ1) is 12.0. The summed E-state index contributed by atoms with van der Waals surface area (Å²) in [4.78, 5) is 4.67. The summed E-state index contributed by atoms with van der Waals surface area (Å²) in [5.41, 5.74) is 1.89. The van der Waals surface area contributed by atoms with Crippen LogP contribution in [0.3, 0.4) is 0 Å². The van der Waals surface area contributed by atoms with Crippen LogP contribution in [0.15, 0.2) is 58.8 Å². The van der Waals surface area contributed by atoms with Crippen molar-refractivity contribution in [3.63, 3.8) is 0 Å². The third kappa shape index (κ3) is 4.12. The summed E-state index contributed by atoms with van der Waals surface area (Å²) in [6, 6.07) is 13.3. The van der Waals surface area contributed by atoms with Gasteiger partial charge in [-0.2, -0.15) is 0 Å². The Balaban J connectivity index is 1.65. The van der Waals surface area contributed by atoms with Gasteiger partial charge in [-0.3, -0.25) is 0 Å². The number of nitrogens with one attached hydrogen (secondary N) is 1. The molecule has 0 atom stereocenters. The Morgan fingerprint density at radius 3 is 2.60 bits per heavy atom. The molecule has 0 spiro atoms. The monoisotopic (exact) mass is 376 g/mol. The standard InChI is InChI=1S/C18H17FN2O2S2/c1-13-6-2-5-9-17(13)25(22,23)20-11-10-14-12-24-18(21-14)15-7-3-4-8-16(15)19/h2-9,12,20H,10-11H2,1H3. The van der Waals surface area contributed by atoms with Gasteiger partial charge < -0.3 is 0 Å². The molecular weight excluding hydrogens is 359 g/mol. The van der Waals surface area contributed by atoms with Crippen LogP contribution in [-0.2, 0) is 16.4 Å². The van der Waals surface area contributed by atoms with E-state index >= 15 is 0 Å². The quantitative estimate of drug-likeness (QED) is 0.712. The number of hydrogen-bond donors (Lipinski definition) is 1. The van der Waals surface area contributed by atoms with E-state index in [-0.39, 0.29) is 17.3 Å². The zero-order chi connectivity index (χ0) is 17.9. The van der Waals surface area contributed by atoms with E-state index in [0.717, 1.165) is 5.69 Å². The number of hydrogen-bond acceptors (Lipinski definition) is 4. The number of halogens is 1. The number of thiazole rings is 1. The third-order valence-corrected chi connectivity index (χ3v) is 6.26. The van der Waals surface area contributed by atoms with Crippen LogP contribution in [0, 0.1) is 12.7 Å². The molecule has 3 rings (SSSR count). The first-order valence-electron chi connectivity index (χ1n) is 7.72. The van der Waals surface area contributed by atoms with Gasteiger partial charge in [0, 0.05) is 23.9 Å². The van der Waals surface area contributed by atoms with Gasteiger partial charge in [-0.25, -0.2) is 22.5 Å². The van der Waals surface area contributed by atoms with Crippen molar-refractivity contribution in [3.8, 4) is 10.6 Å². The highest BCUT2D eigenvalue weighted by Crippen LogP contribution is 2.26. The first kappa shape index (κ1) is 17.7. The van der Waals surface area contributed by atoms with Crippen molar-refractivity contribution in [2.75, 3.05) is 6.54 Å². The molecule has 0 aliphatic rings. The van der Waals surface area contributed by atoms with Crippen LogP contribution in [0.5, 0.6) is 0 Å². The van der Waals surface area contributed by atoms with Gasteiger partial charge in [0.2, 0.25) is 10.0 Å². The van der Waals surface area contributed by atoms with Crippen molar-refractivity contribution in [1.29, 1.82) is 0 Å². The van der Waals surface area contributed by atoms with Crippen LogP contribution in [0.4, 0.5) is 4.39 Å². The normalized spacial score (nSPS) is 11.6. The number of nitrogens with zero attached hydrogens (tertiary/aromatic N) is 1. The van der Waals surface area contributed by atoms with Gasteiger partial charge in [0.15, 0.2) is 0 Å². The number of benzene rings is 2. The molecule has 0 bridgehead atoms. The molecule has 0 radical (unpaired) electrons. The Hall–Kier alpha value is -2.09. The predicted octanol–water partition coefficient (Wildman–Crippen LogP) is 3.78. The van der Waals surface area contributed by atoms with Crippen molar-refractivity contribution >= 4 is 21.4 Å². The maximum atomic E-state index is 13.8. The fraction of sp³-hybridized carbons (Fsp3) is 0.167. The summed E-state index contributed by atoms with van der Waals surface area (Å²) in [6.45, 7) is 1.99. The molecule has 0 fully saturated rings. The van der Waals surface area contributed by atoms with Crippen LogP contribution >= 0.6 is 11.3 Å². The zero-order valence-corrected chi connectivity index (χ0v) is 15.2. The molecule has 1 N–H and O–H groups in total. The molecule has 0 aliphatic carbocycles. The molecule has 130 valence electrons. The number of rotatable bonds is 6. The second-order valence-electron chi connectivity index (χ2n) is 5.54. The first-order valence-corrected chi connectivity index (χ1v) is 10.1. The average Bonchev–Trinajstić information content (AvgIpc) is 3.04. The third-order valence-electron chi connectivity index (χ3n) is 3.71. The molecule has 0 amide bonds. The molecule has 1 aromatic heterocycles.